The number of aromatic nitrogens is 1. The van der Waals surface area contributed by atoms with Gasteiger partial charge in [-0.25, -0.2) is 9.78 Å². The molecular formula is C17H20N4O2S. The van der Waals surface area contributed by atoms with Crippen molar-refractivity contribution in [2.75, 3.05) is 26.2 Å². The molecule has 2 heterocycles. The van der Waals surface area contributed by atoms with Crippen LogP contribution in [0, 0.1) is 6.92 Å². The maximum absolute atomic E-state index is 12.5. The highest BCUT2D eigenvalue weighted by Crippen LogP contribution is 2.10. The summed E-state index contributed by atoms with van der Waals surface area (Å²) >= 11 is 1.52. The Balaban J connectivity index is 1.49. The number of carbonyl (C=O) groups excluding carboxylic acids is 2. The number of urea groups is 1. The highest BCUT2D eigenvalue weighted by atomic mass is 32.1. The van der Waals surface area contributed by atoms with Crippen LogP contribution in [0.4, 0.5) is 4.79 Å². The molecule has 0 radical (unpaired) electrons. The highest BCUT2D eigenvalue weighted by molar-refractivity contribution is 7.09. The lowest BCUT2D eigenvalue weighted by Crippen LogP contribution is -2.53. The molecule has 126 valence electrons. The first kappa shape index (κ1) is 16.4. The van der Waals surface area contributed by atoms with Gasteiger partial charge in [-0.2, -0.15) is 0 Å². The summed E-state index contributed by atoms with van der Waals surface area (Å²) in [5.74, 6) is 0.0258. The molecule has 24 heavy (non-hydrogen) atoms. The monoisotopic (exact) mass is 344 g/mol. The van der Waals surface area contributed by atoms with Crippen LogP contribution in [0.1, 0.15) is 20.9 Å². The van der Waals surface area contributed by atoms with Crippen LogP contribution in [-0.2, 0) is 6.54 Å². The summed E-state index contributed by atoms with van der Waals surface area (Å²) in [6, 6.07) is 7.48. The second-order valence-electron chi connectivity index (χ2n) is 5.73. The smallest absolute Gasteiger partial charge is 0.317 e. The lowest BCUT2D eigenvalue weighted by atomic mass is 10.1. The van der Waals surface area contributed by atoms with Crippen molar-refractivity contribution < 1.29 is 9.59 Å². The summed E-state index contributed by atoms with van der Waals surface area (Å²) in [4.78, 5) is 32.3. The number of rotatable bonds is 3. The summed E-state index contributed by atoms with van der Waals surface area (Å²) in [6.07, 6.45) is 1.72. The number of nitrogens with zero attached hydrogens (tertiary/aromatic N) is 3. The van der Waals surface area contributed by atoms with Gasteiger partial charge < -0.3 is 15.1 Å². The SMILES string of the molecule is Cc1ccc(C(=O)N2CCN(C(=O)NCc3nccs3)CC2)cc1. The number of hydrogen-bond donors (Lipinski definition) is 1. The zero-order valence-corrected chi connectivity index (χ0v) is 14.4. The Morgan fingerprint density at radius 1 is 1.12 bits per heavy atom. The molecule has 1 saturated heterocycles. The van der Waals surface area contributed by atoms with E-state index < -0.39 is 0 Å². The number of carbonyl (C=O) groups is 2. The van der Waals surface area contributed by atoms with Gasteiger partial charge in [0, 0.05) is 43.3 Å². The van der Waals surface area contributed by atoms with E-state index in [1.807, 2.05) is 36.6 Å². The quantitative estimate of drug-likeness (QED) is 0.927. The zero-order valence-electron chi connectivity index (χ0n) is 13.6. The normalized spacial score (nSPS) is 14.5. The maximum atomic E-state index is 12.5. The first-order chi connectivity index (χ1) is 11.6. The molecule has 1 N–H and O–H groups in total. The molecule has 2 aromatic rings. The summed E-state index contributed by atoms with van der Waals surface area (Å²) < 4.78 is 0. The Labute approximate surface area is 145 Å². The molecule has 1 aromatic carbocycles. The molecule has 0 atom stereocenters. The van der Waals surface area contributed by atoms with Crippen molar-refractivity contribution in [3.63, 3.8) is 0 Å². The minimum absolute atomic E-state index is 0.0258. The van der Waals surface area contributed by atoms with Crippen molar-refractivity contribution >= 4 is 23.3 Å². The number of nitrogens with one attached hydrogen (secondary N) is 1. The van der Waals surface area contributed by atoms with Crippen LogP contribution in [-0.4, -0.2) is 52.9 Å². The standard InChI is InChI=1S/C17H20N4O2S/c1-13-2-4-14(5-3-13)16(22)20-7-9-21(10-8-20)17(23)19-12-15-18-6-11-24-15/h2-6,11H,7-10,12H2,1H3,(H,19,23). The Bertz CT molecular complexity index is 692. The third-order valence-corrected chi connectivity index (χ3v) is 4.81. The minimum Gasteiger partial charge on any atom is -0.335 e. The molecule has 1 aliphatic rings. The molecule has 0 spiro atoms. The lowest BCUT2D eigenvalue weighted by Gasteiger charge is -2.34. The lowest BCUT2D eigenvalue weighted by molar-refractivity contribution is 0.0665. The van der Waals surface area contributed by atoms with E-state index in [0.717, 1.165) is 10.6 Å². The van der Waals surface area contributed by atoms with E-state index >= 15 is 0 Å². The van der Waals surface area contributed by atoms with E-state index in [2.05, 4.69) is 10.3 Å². The molecule has 0 aliphatic carbocycles. The summed E-state index contributed by atoms with van der Waals surface area (Å²) in [5.41, 5.74) is 1.83. The molecule has 1 aromatic heterocycles. The first-order valence-corrected chi connectivity index (χ1v) is 8.78. The minimum atomic E-state index is -0.104. The van der Waals surface area contributed by atoms with E-state index in [9.17, 15) is 9.59 Å². The van der Waals surface area contributed by atoms with E-state index in [4.69, 9.17) is 0 Å². The maximum Gasteiger partial charge on any atom is 0.317 e. The van der Waals surface area contributed by atoms with Gasteiger partial charge in [-0.3, -0.25) is 4.79 Å². The van der Waals surface area contributed by atoms with E-state index in [1.165, 1.54) is 11.3 Å². The van der Waals surface area contributed by atoms with Gasteiger partial charge in [0.2, 0.25) is 0 Å². The average Bonchev–Trinajstić information content (AvgIpc) is 3.13. The predicted molar refractivity (Wildman–Crippen MR) is 93.0 cm³/mol. The number of hydrogen-bond acceptors (Lipinski definition) is 4. The number of piperazine rings is 1. The van der Waals surface area contributed by atoms with Crippen molar-refractivity contribution in [3.05, 3.63) is 52.0 Å². The van der Waals surface area contributed by atoms with Crippen LogP contribution >= 0.6 is 11.3 Å². The van der Waals surface area contributed by atoms with Crippen LogP contribution < -0.4 is 5.32 Å². The second kappa shape index (κ2) is 7.44. The van der Waals surface area contributed by atoms with Crippen molar-refractivity contribution in [1.82, 2.24) is 20.1 Å². The Hall–Kier alpha value is -2.41. The molecule has 3 amide bonds. The predicted octanol–water partition coefficient (Wildman–Crippen LogP) is 2.12. The topological polar surface area (TPSA) is 65.5 Å². The Morgan fingerprint density at radius 3 is 2.42 bits per heavy atom. The van der Waals surface area contributed by atoms with Crippen molar-refractivity contribution in [2.24, 2.45) is 0 Å². The molecule has 7 heteroatoms. The molecule has 0 bridgehead atoms. The Kier molecular flexibility index (Phi) is 5.10. The van der Waals surface area contributed by atoms with E-state index in [1.54, 1.807) is 16.0 Å². The van der Waals surface area contributed by atoms with Gasteiger partial charge in [0.15, 0.2) is 0 Å². The molecule has 0 saturated carbocycles. The van der Waals surface area contributed by atoms with Gasteiger partial charge in [0.05, 0.1) is 6.54 Å². The van der Waals surface area contributed by atoms with Crippen LogP contribution in [0.25, 0.3) is 0 Å². The molecule has 1 fully saturated rings. The molecule has 3 rings (SSSR count). The Morgan fingerprint density at radius 2 is 1.79 bits per heavy atom. The third kappa shape index (κ3) is 3.91. The summed E-state index contributed by atoms with van der Waals surface area (Å²) in [7, 11) is 0. The van der Waals surface area contributed by atoms with Gasteiger partial charge in [-0.15, -0.1) is 11.3 Å². The third-order valence-electron chi connectivity index (χ3n) is 4.03. The fourth-order valence-corrected chi connectivity index (χ4v) is 3.15. The van der Waals surface area contributed by atoms with Crippen LogP contribution in [0.5, 0.6) is 0 Å². The van der Waals surface area contributed by atoms with Crippen LogP contribution in [0.15, 0.2) is 35.8 Å². The van der Waals surface area contributed by atoms with Gasteiger partial charge in [0.1, 0.15) is 5.01 Å². The highest BCUT2D eigenvalue weighted by Gasteiger charge is 2.24. The molecule has 1 aliphatic heterocycles. The fraction of sp³-hybridized carbons (Fsp3) is 0.353. The van der Waals surface area contributed by atoms with Crippen LogP contribution in [0.2, 0.25) is 0 Å². The number of benzene rings is 1. The van der Waals surface area contributed by atoms with E-state index in [-0.39, 0.29) is 11.9 Å². The van der Waals surface area contributed by atoms with Gasteiger partial charge in [0.25, 0.3) is 5.91 Å². The van der Waals surface area contributed by atoms with Crippen molar-refractivity contribution in [1.29, 1.82) is 0 Å². The summed E-state index contributed by atoms with van der Waals surface area (Å²) in [6.45, 7) is 4.63. The molecular weight excluding hydrogens is 324 g/mol. The fourth-order valence-electron chi connectivity index (χ4n) is 2.59. The summed E-state index contributed by atoms with van der Waals surface area (Å²) in [5, 5.41) is 5.64. The van der Waals surface area contributed by atoms with Gasteiger partial charge >= 0.3 is 6.03 Å². The van der Waals surface area contributed by atoms with Crippen LogP contribution in [0.3, 0.4) is 0 Å². The van der Waals surface area contributed by atoms with Gasteiger partial charge in [-0.05, 0) is 19.1 Å². The van der Waals surface area contributed by atoms with E-state index in [0.29, 0.717) is 38.3 Å². The number of amides is 3. The zero-order chi connectivity index (χ0) is 16.9. The number of thiazole rings is 1. The molecule has 0 unspecified atom stereocenters. The first-order valence-electron chi connectivity index (χ1n) is 7.90. The number of aryl methyl sites for hydroxylation is 1. The van der Waals surface area contributed by atoms with Crippen molar-refractivity contribution in [2.45, 2.75) is 13.5 Å². The molecule has 6 nitrogen and oxygen atoms in total. The average molecular weight is 344 g/mol. The second-order valence-corrected chi connectivity index (χ2v) is 6.71. The van der Waals surface area contributed by atoms with Gasteiger partial charge in [-0.1, -0.05) is 17.7 Å². The van der Waals surface area contributed by atoms with Crippen molar-refractivity contribution in [3.8, 4) is 0 Å². The largest absolute Gasteiger partial charge is 0.335 e.